The van der Waals surface area contributed by atoms with Gasteiger partial charge in [0.2, 0.25) is 0 Å². The van der Waals surface area contributed by atoms with Gasteiger partial charge in [-0.15, -0.1) is 0 Å². The van der Waals surface area contributed by atoms with E-state index in [-0.39, 0.29) is 31.6 Å². The molecule has 370 valence electrons. The van der Waals surface area contributed by atoms with Crippen molar-refractivity contribution in [2.24, 2.45) is 0 Å². The lowest BCUT2D eigenvalue weighted by molar-refractivity contribution is -0.166. The van der Waals surface area contributed by atoms with E-state index in [1.54, 1.807) is 0 Å². The SMILES string of the molecule is CC/C=C\C/C=C\C/C=C\C/C=C\CCC(=O)OC(COC(=O)CCCCC/C=C\C/C=C\C/C=C\CC)COC(=O)CCCCCCCCCCC/C=C\CCCCCCCCCC. The second-order valence-electron chi connectivity index (χ2n) is 17.4. The molecule has 0 fully saturated rings. The second-order valence-corrected chi connectivity index (χ2v) is 17.4. The van der Waals surface area contributed by atoms with Crippen LogP contribution in [0.15, 0.2) is 97.2 Å². The van der Waals surface area contributed by atoms with Gasteiger partial charge in [-0.25, -0.2) is 0 Å². The summed E-state index contributed by atoms with van der Waals surface area (Å²) < 4.78 is 16.7. The molecule has 0 amide bonds. The molecule has 0 radical (unpaired) electrons. The predicted molar refractivity (Wildman–Crippen MR) is 279 cm³/mol. The number of allylic oxidation sites excluding steroid dienone is 16. The van der Waals surface area contributed by atoms with Crippen molar-refractivity contribution in [2.75, 3.05) is 13.2 Å². The Kier molecular flexibility index (Phi) is 50.0. The number of unbranched alkanes of at least 4 members (excludes halogenated alkanes) is 20. The fourth-order valence-electron chi connectivity index (χ4n) is 7.11. The van der Waals surface area contributed by atoms with Crippen LogP contribution in [0.2, 0.25) is 0 Å². The van der Waals surface area contributed by atoms with Crippen molar-refractivity contribution >= 4 is 17.9 Å². The fourth-order valence-corrected chi connectivity index (χ4v) is 7.11. The summed E-state index contributed by atoms with van der Waals surface area (Å²) >= 11 is 0. The van der Waals surface area contributed by atoms with Crippen LogP contribution < -0.4 is 0 Å². The first kappa shape index (κ1) is 61.3. The Morgan fingerprint density at radius 2 is 0.631 bits per heavy atom. The zero-order chi connectivity index (χ0) is 47.2. The Morgan fingerprint density at radius 1 is 0.323 bits per heavy atom. The average Bonchev–Trinajstić information content (AvgIpc) is 3.30. The van der Waals surface area contributed by atoms with Gasteiger partial charge in [0, 0.05) is 19.3 Å². The van der Waals surface area contributed by atoms with Crippen LogP contribution in [0.1, 0.15) is 239 Å². The van der Waals surface area contributed by atoms with Crippen molar-refractivity contribution in [2.45, 2.75) is 245 Å². The monoisotopic (exact) mass is 903 g/mol. The van der Waals surface area contributed by atoms with E-state index < -0.39 is 12.1 Å². The van der Waals surface area contributed by atoms with E-state index >= 15 is 0 Å². The molecule has 6 nitrogen and oxygen atoms in total. The van der Waals surface area contributed by atoms with Gasteiger partial charge < -0.3 is 14.2 Å². The highest BCUT2D eigenvalue weighted by Gasteiger charge is 2.19. The summed E-state index contributed by atoms with van der Waals surface area (Å²) in [5.74, 6) is -1.03. The van der Waals surface area contributed by atoms with Crippen molar-refractivity contribution in [3.05, 3.63) is 97.2 Å². The average molecular weight is 903 g/mol. The number of rotatable bonds is 47. The zero-order valence-corrected chi connectivity index (χ0v) is 42.2. The van der Waals surface area contributed by atoms with Crippen molar-refractivity contribution in [1.29, 1.82) is 0 Å². The number of carbonyl (C=O) groups excluding carboxylic acids is 3. The molecule has 0 aromatic heterocycles. The summed E-state index contributed by atoms with van der Waals surface area (Å²) in [6.45, 7) is 6.31. The van der Waals surface area contributed by atoms with Gasteiger partial charge in [0.15, 0.2) is 6.10 Å². The highest BCUT2D eigenvalue weighted by atomic mass is 16.6. The minimum Gasteiger partial charge on any atom is -0.462 e. The van der Waals surface area contributed by atoms with Crippen molar-refractivity contribution in [3.63, 3.8) is 0 Å². The summed E-state index contributed by atoms with van der Waals surface area (Å²) in [5.41, 5.74) is 0. The number of ether oxygens (including phenoxy) is 3. The Morgan fingerprint density at radius 3 is 1.03 bits per heavy atom. The van der Waals surface area contributed by atoms with E-state index in [1.807, 2.05) is 12.2 Å². The lowest BCUT2D eigenvalue weighted by atomic mass is 10.1. The summed E-state index contributed by atoms with van der Waals surface area (Å²) in [6, 6.07) is 0. The van der Waals surface area contributed by atoms with E-state index in [1.165, 1.54) is 103 Å². The third-order valence-electron chi connectivity index (χ3n) is 11.1. The molecule has 0 aliphatic rings. The van der Waals surface area contributed by atoms with E-state index in [0.717, 1.165) is 89.9 Å². The van der Waals surface area contributed by atoms with E-state index in [9.17, 15) is 14.4 Å². The Bertz CT molecular complexity index is 1310. The minimum atomic E-state index is -0.828. The van der Waals surface area contributed by atoms with Crippen molar-refractivity contribution in [1.82, 2.24) is 0 Å². The van der Waals surface area contributed by atoms with Crippen LogP contribution in [-0.4, -0.2) is 37.2 Å². The standard InChI is InChI=1S/C59H98O6/c1-4-7-10-13-16-19-22-25-26-27-28-29-30-31-32-35-37-40-43-46-49-52-58(61)64-55-56(65-59(62)53-50-47-44-41-38-34-24-21-18-15-12-9-6-3)54-63-57(60)51-48-45-42-39-36-33-23-20-17-14-11-8-5-2/h8-9,11-12,17-18,20-21,27-28,33-34,36,38,44,47,56H,4-7,10,13-16,19,22-26,29-32,35,37,39-43,45-46,48-55H2,1-3H3/b11-8-,12-9-,20-17-,21-18-,28-27-,36-33-,38-34-,47-44-. The van der Waals surface area contributed by atoms with E-state index in [4.69, 9.17) is 14.2 Å². The molecular formula is C59H98O6. The maximum Gasteiger partial charge on any atom is 0.306 e. The largest absolute Gasteiger partial charge is 0.462 e. The third kappa shape index (κ3) is 51.2. The normalized spacial score (nSPS) is 12.8. The van der Waals surface area contributed by atoms with Gasteiger partial charge in [0.1, 0.15) is 13.2 Å². The Balaban J connectivity index is 4.41. The van der Waals surface area contributed by atoms with Gasteiger partial charge >= 0.3 is 17.9 Å². The molecule has 0 bridgehead atoms. The van der Waals surface area contributed by atoms with Gasteiger partial charge in [0.25, 0.3) is 0 Å². The van der Waals surface area contributed by atoms with Gasteiger partial charge in [0.05, 0.1) is 0 Å². The van der Waals surface area contributed by atoms with Gasteiger partial charge in [-0.05, 0) is 103 Å². The molecule has 0 heterocycles. The Hall–Kier alpha value is -3.67. The summed E-state index contributed by atoms with van der Waals surface area (Å²) in [5, 5.41) is 0. The lowest BCUT2D eigenvalue weighted by Crippen LogP contribution is -2.30. The molecule has 0 saturated heterocycles. The van der Waals surface area contributed by atoms with Crippen LogP contribution >= 0.6 is 0 Å². The quantitative estimate of drug-likeness (QED) is 0.0262. The van der Waals surface area contributed by atoms with Crippen LogP contribution in [0.25, 0.3) is 0 Å². The minimum absolute atomic E-state index is 0.117. The molecule has 0 N–H and O–H groups in total. The molecule has 0 aromatic carbocycles. The third-order valence-corrected chi connectivity index (χ3v) is 11.1. The molecule has 1 unspecified atom stereocenters. The maximum absolute atomic E-state index is 12.7. The molecule has 0 spiro atoms. The van der Waals surface area contributed by atoms with Crippen LogP contribution in [-0.2, 0) is 28.6 Å². The molecule has 0 aliphatic carbocycles. The molecule has 6 heteroatoms. The van der Waals surface area contributed by atoms with Gasteiger partial charge in [-0.2, -0.15) is 0 Å². The summed E-state index contributed by atoms with van der Waals surface area (Å²) in [7, 11) is 0. The number of hydrogen-bond acceptors (Lipinski definition) is 6. The maximum atomic E-state index is 12.7. The van der Waals surface area contributed by atoms with Crippen LogP contribution in [0.3, 0.4) is 0 Å². The zero-order valence-electron chi connectivity index (χ0n) is 42.2. The molecule has 0 aliphatic heterocycles. The van der Waals surface area contributed by atoms with Crippen LogP contribution in [0.5, 0.6) is 0 Å². The van der Waals surface area contributed by atoms with Crippen LogP contribution in [0, 0.1) is 0 Å². The topological polar surface area (TPSA) is 78.9 Å². The molecule has 0 aromatic rings. The molecule has 65 heavy (non-hydrogen) atoms. The van der Waals surface area contributed by atoms with Crippen LogP contribution in [0.4, 0.5) is 0 Å². The number of esters is 3. The van der Waals surface area contributed by atoms with E-state index in [2.05, 4.69) is 106 Å². The van der Waals surface area contributed by atoms with Crippen molar-refractivity contribution in [3.8, 4) is 0 Å². The number of carbonyl (C=O) groups is 3. The first-order valence-corrected chi connectivity index (χ1v) is 26.7. The fraction of sp³-hybridized carbons (Fsp3) is 0.678. The summed E-state index contributed by atoms with van der Waals surface area (Å²) in [6.07, 6.45) is 69.9. The number of hydrogen-bond donors (Lipinski definition) is 0. The molecule has 0 saturated carbocycles. The predicted octanol–water partition coefficient (Wildman–Crippen LogP) is 17.8. The van der Waals surface area contributed by atoms with E-state index in [0.29, 0.717) is 19.3 Å². The summed E-state index contributed by atoms with van der Waals surface area (Å²) in [4.78, 5) is 37.9. The first-order chi connectivity index (χ1) is 32.0. The highest BCUT2D eigenvalue weighted by molar-refractivity contribution is 5.71. The van der Waals surface area contributed by atoms with Crippen molar-refractivity contribution < 1.29 is 28.6 Å². The second kappa shape index (κ2) is 52.9. The smallest absolute Gasteiger partial charge is 0.306 e. The molecule has 0 rings (SSSR count). The molecular weight excluding hydrogens is 805 g/mol. The molecule has 1 atom stereocenters. The first-order valence-electron chi connectivity index (χ1n) is 26.7. The Labute approximate surface area is 400 Å². The lowest BCUT2D eigenvalue weighted by Gasteiger charge is -2.18. The van der Waals surface area contributed by atoms with Gasteiger partial charge in [-0.1, -0.05) is 214 Å². The highest BCUT2D eigenvalue weighted by Crippen LogP contribution is 2.14. The van der Waals surface area contributed by atoms with Gasteiger partial charge in [-0.3, -0.25) is 14.4 Å².